The lowest BCUT2D eigenvalue weighted by Gasteiger charge is -2.05. The van der Waals surface area contributed by atoms with Crippen molar-refractivity contribution in [3.05, 3.63) is 34.5 Å². The molecule has 0 spiro atoms. The fraction of sp³-hybridized carbons (Fsp3) is 0.250. The molecule has 22 heavy (non-hydrogen) atoms. The quantitative estimate of drug-likeness (QED) is 0.486. The number of fused-ring (bicyclic) bond motifs is 1. The number of non-ortho nitro benzene ring substituents is 1. The molecule has 10 heteroatoms. The van der Waals surface area contributed by atoms with Crippen LogP contribution in [0.1, 0.15) is 0 Å². The number of amidine groups is 1. The number of aliphatic imine (C=N–C) groups is 1. The highest BCUT2D eigenvalue weighted by atomic mass is 32.2. The van der Waals surface area contributed by atoms with Gasteiger partial charge >= 0.3 is 0 Å². The maximum Gasteiger partial charge on any atom is 0.296 e. The van der Waals surface area contributed by atoms with Crippen LogP contribution in [0.3, 0.4) is 0 Å². The Hall–Kier alpha value is -2.46. The van der Waals surface area contributed by atoms with Gasteiger partial charge in [-0.15, -0.1) is 0 Å². The first-order valence-electron chi connectivity index (χ1n) is 6.38. The van der Waals surface area contributed by atoms with Gasteiger partial charge in [-0.05, 0) is 6.07 Å². The topological polar surface area (TPSA) is 127 Å². The number of nitro groups is 1. The average Bonchev–Trinajstić information content (AvgIpc) is 3.06. The van der Waals surface area contributed by atoms with Crippen molar-refractivity contribution in [1.29, 1.82) is 0 Å². The summed E-state index contributed by atoms with van der Waals surface area (Å²) in [6.07, 6.45) is 1.26. The molecular formula is C12H12N4O5S. The summed E-state index contributed by atoms with van der Waals surface area (Å²) in [5, 5.41) is 14.0. The second-order valence-corrected chi connectivity index (χ2v) is 6.20. The molecule has 2 N–H and O–H groups in total. The maximum absolute atomic E-state index is 11.5. The molecule has 0 aliphatic carbocycles. The zero-order chi connectivity index (χ0) is 15.9. The number of rotatable bonds is 4. The summed E-state index contributed by atoms with van der Waals surface area (Å²) < 4.78 is 33.9. The van der Waals surface area contributed by atoms with Crippen LogP contribution in [-0.2, 0) is 16.7 Å². The Morgan fingerprint density at radius 1 is 1.45 bits per heavy atom. The lowest BCUT2D eigenvalue weighted by atomic mass is 10.2. The minimum absolute atomic E-state index is 0.107. The Balaban J connectivity index is 2.19. The Kier molecular flexibility index (Phi) is 3.34. The molecule has 1 aliphatic rings. The first-order valence-corrected chi connectivity index (χ1v) is 7.82. The molecule has 116 valence electrons. The molecule has 0 atom stereocenters. The fourth-order valence-corrected chi connectivity index (χ4v) is 3.12. The molecule has 9 nitrogen and oxygen atoms in total. The molecule has 1 aliphatic heterocycles. The SMILES string of the molecule is O=[N+]([O-])c1ccc2c(c1)c(S(=O)(=O)O)cn2CC1=NCCN1. The molecule has 1 aromatic carbocycles. The van der Waals surface area contributed by atoms with E-state index >= 15 is 0 Å². The van der Waals surface area contributed by atoms with Gasteiger partial charge < -0.3 is 9.88 Å². The molecule has 3 rings (SSSR count). The van der Waals surface area contributed by atoms with E-state index in [0.29, 0.717) is 31.0 Å². The van der Waals surface area contributed by atoms with Crippen molar-refractivity contribution in [2.75, 3.05) is 13.1 Å². The van der Waals surface area contributed by atoms with Crippen LogP contribution in [0.4, 0.5) is 5.69 Å². The van der Waals surface area contributed by atoms with Crippen LogP contribution in [0, 0.1) is 10.1 Å². The molecule has 0 fully saturated rings. The van der Waals surface area contributed by atoms with E-state index in [4.69, 9.17) is 0 Å². The van der Waals surface area contributed by atoms with Crippen LogP contribution < -0.4 is 5.32 Å². The molecule has 0 unspecified atom stereocenters. The number of nitrogens with one attached hydrogen (secondary N) is 1. The second-order valence-electron chi connectivity index (χ2n) is 4.81. The van der Waals surface area contributed by atoms with Crippen molar-refractivity contribution in [2.24, 2.45) is 4.99 Å². The van der Waals surface area contributed by atoms with Crippen molar-refractivity contribution < 1.29 is 17.9 Å². The predicted molar refractivity (Wildman–Crippen MR) is 78.7 cm³/mol. The fourth-order valence-electron chi connectivity index (χ4n) is 2.42. The van der Waals surface area contributed by atoms with Crippen LogP contribution in [0.5, 0.6) is 0 Å². The highest BCUT2D eigenvalue weighted by Crippen LogP contribution is 2.29. The number of benzene rings is 1. The summed E-state index contributed by atoms with van der Waals surface area (Å²) in [5.74, 6) is 0.692. The van der Waals surface area contributed by atoms with E-state index in [2.05, 4.69) is 10.3 Å². The molecule has 0 saturated heterocycles. The van der Waals surface area contributed by atoms with Gasteiger partial charge in [0.2, 0.25) is 0 Å². The molecule has 2 aromatic rings. The Bertz CT molecular complexity index is 900. The minimum atomic E-state index is -4.49. The van der Waals surface area contributed by atoms with E-state index in [1.165, 1.54) is 18.3 Å². The van der Waals surface area contributed by atoms with Gasteiger partial charge in [0.25, 0.3) is 15.8 Å². The van der Waals surface area contributed by atoms with Gasteiger partial charge in [0.1, 0.15) is 10.7 Å². The monoisotopic (exact) mass is 324 g/mol. The van der Waals surface area contributed by atoms with E-state index < -0.39 is 15.0 Å². The number of hydrogen-bond acceptors (Lipinski definition) is 6. The molecule has 1 aromatic heterocycles. The van der Waals surface area contributed by atoms with E-state index in [1.54, 1.807) is 4.57 Å². The summed E-state index contributed by atoms with van der Waals surface area (Å²) in [7, 11) is -4.49. The Morgan fingerprint density at radius 2 is 2.23 bits per heavy atom. The standard InChI is InChI=1S/C12H12N4O5S/c17-16(18)8-1-2-10-9(5-8)11(22(19,20)21)6-15(10)7-12-13-3-4-14-12/h1-2,5-6H,3-4,7H2,(H,13,14)(H,19,20,21). The highest BCUT2D eigenvalue weighted by molar-refractivity contribution is 7.86. The lowest BCUT2D eigenvalue weighted by Crippen LogP contribution is -2.23. The minimum Gasteiger partial charge on any atom is -0.370 e. The molecule has 2 heterocycles. The van der Waals surface area contributed by atoms with Crippen molar-refractivity contribution in [2.45, 2.75) is 11.4 Å². The summed E-state index contributed by atoms with van der Waals surface area (Å²) in [4.78, 5) is 14.1. The summed E-state index contributed by atoms with van der Waals surface area (Å²) >= 11 is 0. The van der Waals surface area contributed by atoms with E-state index in [-0.39, 0.29) is 16.0 Å². The van der Waals surface area contributed by atoms with E-state index in [0.717, 1.165) is 6.07 Å². The predicted octanol–water partition coefficient (Wildman–Crippen LogP) is 0.798. The molecule has 0 radical (unpaired) electrons. The van der Waals surface area contributed by atoms with Crippen LogP contribution in [-0.4, -0.2) is 41.4 Å². The van der Waals surface area contributed by atoms with Gasteiger partial charge in [-0.2, -0.15) is 8.42 Å². The zero-order valence-corrected chi connectivity index (χ0v) is 12.1. The Morgan fingerprint density at radius 3 is 2.82 bits per heavy atom. The van der Waals surface area contributed by atoms with Crippen LogP contribution in [0.25, 0.3) is 10.9 Å². The van der Waals surface area contributed by atoms with Crippen molar-refractivity contribution in [1.82, 2.24) is 9.88 Å². The molecular weight excluding hydrogens is 312 g/mol. The third-order valence-corrected chi connectivity index (χ3v) is 4.26. The van der Waals surface area contributed by atoms with Crippen molar-refractivity contribution in [3.8, 4) is 0 Å². The van der Waals surface area contributed by atoms with Gasteiger partial charge in [-0.1, -0.05) is 0 Å². The normalized spacial score (nSPS) is 14.9. The van der Waals surface area contributed by atoms with Gasteiger partial charge in [-0.25, -0.2) is 0 Å². The summed E-state index contributed by atoms with van der Waals surface area (Å²) in [5.41, 5.74) is 0.223. The van der Waals surface area contributed by atoms with Gasteiger partial charge in [0, 0.05) is 30.3 Å². The van der Waals surface area contributed by atoms with Crippen molar-refractivity contribution in [3.63, 3.8) is 0 Å². The van der Waals surface area contributed by atoms with Gasteiger partial charge in [-0.3, -0.25) is 19.7 Å². The van der Waals surface area contributed by atoms with Crippen LogP contribution in [0.15, 0.2) is 34.3 Å². The van der Waals surface area contributed by atoms with Crippen LogP contribution >= 0.6 is 0 Å². The largest absolute Gasteiger partial charge is 0.370 e. The summed E-state index contributed by atoms with van der Waals surface area (Å²) in [6.45, 7) is 1.65. The number of aromatic nitrogens is 1. The first kappa shape index (κ1) is 14.5. The smallest absolute Gasteiger partial charge is 0.296 e. The van der Waals surface area contributed by atoms with Gasteiger partial charge in [0.05, 0.1) is 23.5 Å². The number of hydrogen-bond donors (Lipinski definition) is 2. The maximum atomic E-state index is 11.5. The average molecular weight is 324 g/mol. The second kappa shape index (κ2) is 5.07. The lowest BCUT2D eigenvalue weighted by molar-refractivity contribution is -0.384. The molecule has 0 saturated carbocycles. The highest BCUT2D eigenvalue weighted by Gasteiger charge is 2.22. The van der Waals surface area contributed by atoms with Crippen LogP contribution in [0.2, 0.25) is 0 Å². The number of nitrogens with zero attached hydrogens (tertiary/aromatic N) is 3. The van der Waals surface area contributed by atoms with E-state index in [1.807, 2.05) is 0 Å². The molecule has 0 amide bonds. The van der Waals surface area contributed by atoms with Crippen molar-refractivity contribution >= 4 is 32.5 Å². The Labute approximate surface area is 125 Å². The number of nitro benzene ring substituents is 1. The third kappa shape index (κ3) is 2.53. The van der Waals surface area contributed by atoms with E-state index in [9.17, 15) is 23.1 Å². The first-order chi connectivity index (χ1) is 10.4. The van der Waals surface area contributed by atoms with Gasteiger partial charge in [0.15, 0.2) is 0 Å². The zero-order valence-electron chi connectivity index (χ0n) is 11.3. The molecule has 0 bridgehead atoms. The third-order valence-electron chi connectivity index (χ3n) is 3.38. The summed E-state index contributed by atoms with van der Waals surface area (Å²) in [6, 6.07) is 3.88.